The van der Waals surface area contributed by atoms with Crippen molar-refractivity contribution < 1.29 is 28.6 Å². The largest absolute Gasteiger partial charge is 0.465 e. The van der Waals surface area contributed by atoms with Gasteiger partial charge in [0.25, 0.3) is 5.41 Å². The highest BCUT2D eigenvalue weighted by molar-refractivity contribution is 6.18. The van der Waals surface area contributed by atoms with E-state index in [4.69, 9.17) is 14.2 Å². The molecule has 0 fully saturated rings. The molecule has 1 heterocycles. The van der Waals surface area contributed by atoms with Crippen LogP contribution < -0.4 is 0 Å². The summed E-state index contributed by atoms with van der Waals surface area (Å²) in [6, 6.07) is 11.0. The van der Waals surface area contributed by atoms with Crippen LogP contribution in [0.15, 0.2) is 48.8 Å². The molecule has 28 heavy (non-hydrogen) atoms. The molecule has 1 aromatic carbocycles. The van der Waals surface area contributed by atoms with Crippen LogP contribution in [0.1, 0.15) is 26.3 Å². The summed E-state index contributed by atoms with van der Waals surface area (Å²) in [5, 5.41) is 0. The Bertz CT molecular complexity index is 749. The maximum atomic E-state index is 12.7. The van der Waals surface area contributed by atoms with Gasteiger partial charge < -0.3 is 18.8 Å². The van der Waals surface area contributed by atoms with E-state index in [9.17, 15) is 14.4 Å². The SMILES string of the molecule is CCOC(=O)C(Cc1ccc(-n2cccc2)cc1)(C(=O)OCC)C(=O)OCC. The van der Waals surface area contributed by atoms with Gasteiger partial charge in [-0.3, -0.25) is 14.4 Å². The van der Waals surface area contributed by atoms with Crippen LogP contribution in [-0.4, -0.2) is 42.3 Å². The molecule has 0 radical (unpaired) electrons. The number of ether oxygens (including phenoxy) is 3. The molecule has 0 saturated carbocycles. The van der Waals surface area contributed by atoms with Crippen molar-refractivity contribution in [1.82, 2.24) is 4.57 Å². The van der Waals surface area contributed by atoms with Crippen LogP contribution in [0.25, 0.3) is 5.69 Å². The number of aromatic nitrogens is 1. The molecule has 0 aliphatic heterocycles. The Morgan fingerprint density at radius 2 is 1.21 bits per heavy atom. The normalized spacial score (nSPS) is 11.0. The van der Waals surface area contributed by atoms with Gasteiger partial charge in [0.1, 0.15) is 0 Å². The maximum Gasteiger partial charge on any atom is 0.335 e. The molecule has 7 nitrogen and oxygen atoms in total. The summed E-state index contributed by atoms with van der Waals surface area (Å²) in [6.45, 7) is 4.87. The van der Waals surface area contributed by atoms with Crippen LogP contribution in [0.2, 0.25) is 0 Å². The van der Waals surface area contributed by atoms with Gasteiger partial charge >= 0.3 is 17.9 Å². The highest BCUT2D eigenvalue weighted by Gasteiger charge is 2.57. The maximum absolute atomic E-state index is 12.7. The van der Waals surface area contributed by atoms with Crippen LogP contribution in [0.5, 0.6) is 0 Å². The van der Waals surface area contributed by atoms with Gasteiger partial charge in [-0.15, -0.1) is 0 Å². The van der Waals surface area contributed by atoms with Crippen LogP contribution >= 0.6 is 0 Å². The quantitative estimate of drug-likeness (QED) is 0.374. The molecule has 2 aromatic rings. The number of benzene rings is 1. The van der Waals surface area contributed by atoms with Gasteiger partial charge in [-0.1, -0.05) is 12.1 Å². The molecule has 0 atom stereocenters. The smallest absolute Gasteiger partial charge is 0.335 e. The third-order valence-corrected chi connectivity index (χ3v) is 4.18. The van der Waals surface area contributed by atoms with Crippen LogP contribution in [0.3, 0.4) is 0 Å². The summed E-state index contributed by atoms with van der Waals surface area (Å²) in [7, 11) is 0. The Kier molecular flexibility index (Phi) is 7.37. The first kappa shape index (κ1) is 21.2. The van der Waals surface area contributed by atoms with Crippen LogP contribution in [0, 0.1) is 5.41 Å². The number of hydrogen-bond acceptors (Lipinski definition) is 6. The first-order valence-electron chi connectivity index (χ1n) is 9.23. The highest BCUT2D eigenvalue weighted by atomic mass is 16.6. The van der Waals surface area contributed by atoms with Crippen molar-refractivity contribution in [2.24, 2.45) is 5.41 Å². The van der Waals surface area contributed by atoms with Crippen molar-refractivity contribution in [3.63, 3.8) is 0 Å². The van der Waals surface area contributed by atoms with E-state index < -0.39 is 23.3 Å². The lowest BCUT2D eigenvalue weighted by molar-refractivity contribution is -0.183. The molecule has 0 saturated heterocycles. The van der Waals surface area contributed by atoms with E-state index in [1.165, 1.54) is 0 Å². The van der Waals surface area contributed by atoms with Crippen LogP contribution in [-0.2, 0) is 35.0 Å². The fourth-order valence-electron chi connectivity index (χ4n) is 2.83. The van der Waals surface area contributed by atoms with Gasteiger partial charge in [0.2, 0.25) is 0 Å². The Balaban J connectivity index is 2.43. The average Bonchev–Trinajstić information content (AvgIpc) is 3.21. The molecule has 150 valence electrons. The fraction of sp³-hybridized carbons (Fsp3) is 0.381. The Morgan fingerprint density at radius 3 is 1.61 bits per heavy atom. The molecule has 0 spiro atoms. The molecule has 0 bridgehead atoms. The van der Waals surface area contributed by atoms with Crippen molar-refractivity contribution >= 4 is 17.9 Å². The van der Waals surface area contributed by atoms with Gasteiger partial charge in [0.15, 0.2) is 0 Å². The van der Waals surface area contributed by atoms with Gasteiger partial charge in [0, 0.05) is 24.5 Å². The van der Waals surface area contributed by atoms with E-state index >= 15 is 0 Å². The standard InChI is InChI=1S/C21H25NO6/c1-4-26-18(23)21(19(24)27-5-2,20(25)28-6-3)15-16-9-11-17(12-10-16)22-13-7-8-14-22/h7-14H,4-6,15H2,1-3H3. The summed E-state index contributed by atoms with van der Waals surface area (Å²) in [5.41, 5.74) is -0.690. The Labute approximate surface area is 164 Å². The van der Waals surface area contributed by atoms with E-state index in [0.717, 1.165) is 5.69 Å². The van der Waals surface area contributed by atoms with Crippen molar-refractivity contribution in [3.8, 4) is 5.69 Å². The van der Waals surface area contributed by atoms with E-state index in [-0.39, 0.29) is 26.2 Å². The zero-order valence-electron chi connectivity index (χ0n) is 16.3. The number of rotatable bonds is 9. The Hall–Kier alpha value is -3.09. The zero-order valence-corrected chi connectivity index (χ0v) is 16.3. The monoisotopic (exact) mass is 387 g/mol. The zero-order chi connectivity index (χ0) is 20.6. The molecule has 1 aromatic heterocycles. The van der Waals surface area contributed by atoms with Crippen molar-refractivity contribution in [3.05, 3.63) is 54.4 Å². The highest BCUT2D eigenvalue weighted by Crippen LogP contribution is 2.30. The minimum atomic E-state index is -2.20. The van der Waals surface area contributed by atoms with E-state index in [2.05, 4.69) is 0 Å². The second-order valence-electron chi connectivity index (χ2n) is 6.00. The number of carbonyl (C=O) groups is 3. The molecule has 0 aliphatic carbocycles. The van der Waals surface area contributed by atoms with Crippen LogP contribution in [0.4, 0.5) is 0 Å². The molecule has 0 unspecified atom stereocenters. The third-order valence-electron chi connectivity index (χ3n) is 4.18. The predicted molar refractivity (Wildman–Crippen MR) is 102 cm³/mol. The van der Waals surface area contributed by atoms with Gasteiger partial charge in [0.05, 0.1) is 19.8 Å². The number of hydrogen-bond donors (Lipinski definition) is 0. The molecule has 0 amide bonds. The summed E-state index contributed by atoms with van der Waals surface area (Å²) in [4.78, 5) is 38.2. The first-order chi connectivity index (χ1) is 13.5. The lowest BCUT2D eigenvalue weighted by Gasteiger charge is -2.27. The van der Waals surface area contributed by atoms with E-state index in [0.29, 0.717) is 5.56 Å². The van der Waals surface area contributed by atoms with Gasteiger partial charge in [-0.2, -0.15) is 0 Å². The summed E-state index contributed by atoms with van der Waals surface area (Å²) < 4.78 is 17.1. The summed E-state index contributed by atoms with van der Waals surface area (Å²) in [6.07, 6.45) is 3.58. The third kappa shape index (κ3) is 4.42. The minimum absolute atomic E-state index is 0.0198. The number of carbonyl (C=O) groups excluding carboxylic acids is 3. The summed E-state index contributed by atoms with van der Waals surface area (Å²) >= 11 is 0. The molecule has 2 rings (SSSR count). The van der Waals surface area contributed by atoms with Gasteiger partial charge in [-0.05, 0) is 50.6 Å². The topological polar surface area (TPSA) is 83.8 Å². The van der Waals surface area contributed by atoms with E-state index in [1.807, 2.05) is 41.2 Å². The molecule has 0 N–H and O–H groups in total. The first-order valence-corrected chi connectivity index (χ1v) is 9.23. The van der Waals surface area contributed by atoms with Gasteiger partial charge in [-0.25, -0.2) is 0 Å². The second kappa shape index (κ2) is 9.73. The Morgan fingerprint density at radius 1 is 0.786 bits per heavy atom. The average molecular weight is 387 g/mol. The minimum Gasteiger partial charge on any atom is -0.465 e. The summed E-state index contributed by atoms with van der Waals surface area (Å²) in [5.74, 6) is -2.91. The predicted octanol–water partition coefficient (Wildman–Crippen LogP) is 2.70. The fourth-order valence-corrected chi connectivity index (χ4v) is 2.83. The van der Waals surface area contributed by atoms with Crippen molar-refractivity contribution in [2.45, 2.75) is 27.2 Å². The lowest BCUT2D eigenvalue weighted by Crippen LogP contribution is -2.51. The molecular formula is C21H25NO6. The molecule has 0 aliphatic rings. The van der Waals surface area contributed by atoms with Crippen molar-refractivity contribution in [1.29, 1.82) is 0 Å². The molecular weight excluding hydrogens is 362 g/mol. The number of nitrogens with zero attached hydrogens (tertiary/aromatic N) is 1. The second-order valence-corrected chi connectivity index (χ2v) is 6.00. The lowest BCUT2D eigenvalue weighted by atomic mass is 9.81. The van der Waals surface area contributed by atoms with E-state index in [1.54, 1.807) is 32.9 Å². The van der Waals surface area contributed by atoms with Crippen molar-refractivity contribution in [2.75, 3.05) is 19.8 Å². The number of esters is 3. The molecule has 7 heteroatoms.